The molecule has 17 heavy (non-hydrogen) atoms. The van der Waals surface area contributed by atoms with Crippen molar-refractivity contribution in [3.05, 3.63) is 34.7 Å². The Labute approximate surface area is 105 Å². The number of hydrogen-bond acceptors (Lipinski definition) is 3. The molecule has 0 aliphatic rings. The second-order valence-electron chi connectivity index (χ2n) is 3.74. The van der Waals surface area contributed by atoms with E-state index >= 15 is 0 Å². The Morgan fingerprint density at radius 2 is 2.06 bits per heavy atom. The van der Waals surface area contributed by atoms with Crippen molar-refractivity contribution in [3.63, 3.8) is 0 Å². The Balaban J connectivity index is 2.51. The zero-order valence-electron chi connectivity index (χ0n) is 9.63. The number of nitrogens with zero attached hydrogens (tertiary/aromatic N) is 2. The lowest BCUT2D eigenvalue weighted by molar-refractivity contribution is -0.130. The average Bonchev–Trinajstić information content (AvgIpc) is 2.28. The summed E-state index contributed by atoms with van der Waals surface area (Å²) in [5.74, 6) is -0.0510. The normalized spacial score (nSPS) is 9.94. The van der Waals surface area contributed by atoms with Crippen LogP contribution in [-0.4, -0.2) is 34.0 Å². The first-order valence-electron chi connectivity index (χ1n) is 5.17. The Bertz CT molecular complexity index is 450. The third-order valence-electron chi connectivity index (χ3n) is 2.30. The fraction of sp³-hybridized carbons (Fsp3) is 0.364. The molecule has 0 saturated carbocycles. The minimum absolute atomic E-state index is 0.0510. The highest BCUT2D eigenvalue weighted by atomic mass is 32.1. The van der Waals surface area contributed by atoms with Crippen molar-refractivity contribution >= 4 is 23.1 Å². The van der Waals surface area contributed by atoms with Gasteiger partial charge in [-0.25, -0.2) is 0 Å². The maximum Gasteiger partial charge on any atom is 0.242 e. The minimum atomic E-state index is -0.0736. The molecular weight excluding hydrogens is 238 g/mol. The molecule has 0 saturated heterocycles. The summed E-state index contributed by atoms with van der Waals surface area (Å²) in [5, 5.41) is 0. The third-order valence-corrected chi connectivity index (χ3v) is 2.50. The molecule has 6 heteroatoms. The van der Waals surface area contributed by atoms with Gasteiger partial charge in [0.25, 0.3) is 0 Å². The van der Waals surface area contributed by atoms with Crippen molar-refractivity contribution in [2.24, 2.45) is 5.73 Å². The van der Waals surface area contributed by atoms with Crippen LogP contribution in [0, 0.1) is 0 Å². The molecule has 1 heterocycles. The van der Waals surface area contributed by atoms with E-state index in [9.17, 15) is 9.59 Å². The molecule has 0 unspecified atom stereocenters. The highest BCUT2D eigenvalue weighted by molar-refractivity contribution is 7.80. The molecule has 0 atom stereocenters. The average molecular weight is 253 g/mol. The fourth-order valence-electron chi connectivity index (χ4n) is 1.23. The molecule has 1 rings (SSSR count). The molecule has 2 N–H and O–H groups in total. The highest BCUT2D eigenvalue weighted by Gasteiger charge is 2.08. The van der Waals surface area contributed by atoms with E-state index < -0.39 is 0 Å². The molecule has 1 amide bonds. The van der Waals surface area contributed by atoms with Crippen molar-refractivity contribution in [3.8, 4) is 0 Å². The number of rotatable bonds is 5. The molecule has 1 aromatic heterocycles. The second kappa shape index (κ2) is 6.15. The summed E-state index contributed by atoms with van der Waals surface area (Å²) in [6, 6.07) is 2.84. The number of nitrogens with two attached hydrogens (primary N) is 1. The number of amides is 1. The van der Waals surface area contributed by atoms with Crippen LogP contribution in [0.2, 0.25) is 0 Å². The quantitative estimate of drug-likeness (QED) is 0.749. The van der Waals surface area contributed by atoms with Crippen LogP contribution in [-0.2, 0) is 11.3 Å². The molecule has 5 nitrogen and oxygen atoms in total. The molecule has 0 bridgehead atoms. The smallest absolute Gasteiger partial charge is 0.242 e. The van der Waals surface area contributed by atoms with Crippen molar-refractivity contribution < 1.29 is 4.79 Å². The Morgan fingerprint density at radius 3 is 2.59 bits per heavy atom. The van der Waals surface area contributed by atoms with Gasteiger partial charge in [-0.2, -0.15) is 0 Å². The molecule has 0 fully saturated rings. The maximum absolute atomic E-state index is 11.8. The van der Waals surface area contributed by atoms with Gasteiger partial charge < -0.3 is 15.2 Å². The van der Waals surface area contributed by atoms with Crippen molar-refractivity contribution in [2.45, 2.75) is 13.0 Å². The van der Waals surface area contributed by atoms with E-state index in [4.69, 9.17) is 18.0 Å². The number of carbonyl (C=O) groups is 1. The Kier molecular flexibility index (Phi) is 4.84. The summed E-state index contributed by atoms with van der Waals surface area (Å²) in [6.45, 7) is 0.711. The van der Waals surface area contributed by atoms with Gasteiger partial charge in [0, 0.05) is 44.5 Å². The van der Waals surface area contributed by atoms with E-state index in [0.29, 0.717) is 18.0 Å². The summed E-state index contributed by atoms with van der Waals surface area (Å²) in [6.07, 6.45) is 3.69. The van der Waals surface area contributed by atoms with Crippen LogP contribution in [0.1, 0.15) is 6.42 Å². The minimum Gasteiger partial charge on any atom is -0.393 e. The van der Waals surface area contributed by atoms with E-state index in [-0.39, 0.29) is 17.9 Å². The number of carbonyl (C=O) groups excluding carboxylic acids is 1. The predicted molar refractivity (Wildman–Crippen MR) is 69.7 cm³/mol. The van der Waals surface area contributed by atoms with Gasteiger partial charge in [0.2, 0.25) is 5.91 Å². The third kappa shape index (κ3) is 4.78. The van der Waals surface area contributed by atoms with Crippen molar-refractivity contribution in [2.75, 3.05) is 13.6 Å². The maximum atomic E-state index is 11.8. The van der Waals surface area contributed by atoms with Crippen LogP contribution in [0.15, 0.2) is 29.3 Å². The fourth-order valence-corrected chi connectivity index (χ4v) is 1.32. The summed E-state index contributed by atoms with van der Waals surface area (Å²) >= 11 is 4.74. The van der Waals surface area contributed by atoms with Crippen LogP contribution in [0.3, 0.4) is 0 Å². The highest BCUT2D eigenvalue weighted by Crippen LogP contribution is 1.93. The van der Waals surface area contributed by atoms with E-state index in [0.717, 1.165) is 0 Å². The topological polar surface area (TPSA) is 68.3 Å². The Morgan fingerprint density at radius 1 is 1.47 bits per heavy atom. The zero-order chi connectivity index (χ0) is 12.8. The number of thiocarbonyl (C=S) groups is 1. The van der Waals surface area contributed by atoms with Crippen LogP contribution >= 0.6 is 12.2 Å². The van der Waals surface area contributed by atoms with E-state index in [1.54, 1.807) is 28.9 Å². The molecule has 0 aliphatic carbocycles. The first-order valence-corrected chi connectivity index (χ1v) is 5.58. The van der Waals surface area contributed by atoms with Crippen LogP contribution in [0.25, 0.3) is 0 Å². The van der Waals surface area contributed by atoms with E-state index in [1.165, 1.54) is 12.1 Å². The van der Waals surface area contributed by atoms with Crippen molar-refractivity contribution in [1.29, 1.82) is 0 Å². The first kappa shape index (κ1) is 13.4. The largest absolute Gasteiger partial charge is 0.393 e. The Hall–Kier alpha value is -1.69. The molecule has 1 aromatic rings. The summed E-state index contributed by atoms with van der Waals surface area (Å²) in [5.41, 5.74) is 5.29. The monoisotopic (exact) mass is 253 g/mol. The molecule has 0 radical (unpaired) electrons. The zero-order valence-corrected chi connectivity index (χ0v) is 10.4. The lowest BCUT2D eigenvalue weighted by atomic mass is 10.3. The standard InChI is InChI=1S/C11H15N3O2S/c1-13(5-4-10(12)17)11(16)8-14-6-2-9(15)3-7-14/h2-3,6-7H,4-5,8H2,1H3,(H2,12,17). The SMILES string of the molecule is CN(CCC(N)=S)C(=O)Cn1ccc(=O)cc1. The molecule has 0 aromatic carbocycles. The molecule has 0 aliphatic heterocycles. The van der Waals surface area contributed by atoms with Crippen LogP contribution in [0.5, 0.6) is 0 Å². The van der Waals surface area contributed by atoms with Gasteiger partial charge in [0.15, 0.2) is 5.43 Å². The van der Waals surface area contributed by atoms with Gasteiger partial charge in [0.1, 0.15) is 6.54 Å². The second-order valence-corrected chi connectivity index (χ2v) is 4.26. The van der Waals surface area contributed by atoms with Gasteiger partial charge in [-0.1, -0.05) is 12.2 Å². The number of likely N-dealkylation sites (N-methyl/N-ethyl adjacent to an activating group) is 1. The number of pyridine rings is 1. The lowest BCUT2D eigenvalue weighted by Gasteiger charge is -2.17. The predicted octanol–water partition coefficient (Wildman–Crippen LogP) is -0.0171. The lowest BCUT2D eigenvalue weighted by Crippen LogP contribution is -2.32. The number of hydrogen-bond donors (Lipinski definition) is 1. The van der Waals surface area contributed by atoms with Crippen LogP contribution in [0.4, 0.5) is 0 Å². The first-order chi connectivity index (χ1) is 7.99. The van der Waals surface area contributed by atoms with Crippen molar-refractivity contribution in [1.82, 2.24) is 9.47 Å². The summed E-state index contributed by atoms with van der Waals surface area (Å²) < 4.78 is 1.65. The molecular formula is C11H15N3O2S. The van der Waals surface area contributed by atoms with E-state index in [2.05, 4.69) is 0 Å². The molecule has 92 valence electrons. The van der Waals surface area contributed by atoms with Gasteiger partial charge in [0.05, 0.1) is 4.99 Å². The van der Waals surface area contributed by atoms with E-state index in [1.807, 2.05) is 0 Å². The number of aromatic nitrogens is 1. The molecule has 0 spiro atoms. The van der Waals surface area contributed by atoms with Gasteiger partial charge >= 0.3 is 0 Å². The summed E-state index contributed by atoms with van der Waals surface area (Å²) in [7, 11) is 1.70. The summed E-state index contributed by atoms with van der Waals surface area (Å²) in [4.78, 5) is 24.6. The van der Waals surface area contributed by atoms with Gasteiger partial charge in [-0.15, -0.1) is 0 Å². The van der Waals surface area contributed by atoms with Crippen LogP contribution < -0.4 is 11.2 Å². The van der Waals surface area contributed by atoms with Gasteiger partial charge in [-0.3, -0.25) is 9.59 Å². The van der Waals surface area contributed by atoms with Gasteiger partial charge in [-0.05, 0) is 0 Å².